The number of carbonyl (C=O) groups is 2. The van der Waals surface area contributed by atoms with Crippen molar-refractivity contribution < 1.29 is 19.4 Å². The molecule has 1 aliphatic heterocycles. The van der Waals surface area contributed by atoms with Crippen LogP contribution in [0, 0.1) is 11.8 Å². The molecule has 0 bridgehead atoms. The standard InChI is InChI=1S/C14H26N2O4/c1-5-11(9(3)4)15-14(19)16(6-2)12-8-20-7-10(12)13(17)18/h9-12H,5-8H2,1-4H3,(H,15,19)(H,17,18). The molecule has 20 heavy (non-hydrogen) atoms. The van der Waals surface area contributed by atoms with Crippen molar-refractivity contribution in [2.45, 2.75) is 46.2 Å². The summed E-state index contributed by atoms with van der Waals surface area (Å²) in [4.78, 5) is 25.2. The fraction of sp³-hybridized carbons (Fsp3) is 0.857. The van der Waals surface area contributed by atoms with E-state index in [1.807, 2.05) is 13.8 Å². The smallest absolute Gasteiger partial charge is 0.317 e. The Morgan fingerprint density at radius 1 is 1.35 bits per heavy atom. The normalized spacial score (nSPS) is 23.6. The van der Waals surface area contributed by atoms with E-state index in [4.69, 9.17) is 4.74 Å². The summed E-state index contributed by atoms with van der Waals surface area (Å²) in [5.74, 6) is -1.20. The number of carbonyl (C=O) groups excluding carboxylic acids is 1. The third-order valence-electron chi connectivity index (χ3n) is 3.92. The van der Waals surface area contributed by atoms with Crippen LogP contribution in [0.15, 0.2) is 0 Å². The third kappa shape index (κ3) is 3.85. The quantitative estimate of drug-likeness (QED) is 0.776. The molecular formula is C14H26N2O4. The number of nitrogens with zero attached hydrogens (tertiary/aromatic N) is 1. The Labute approximate surface area is 120 Å². The number of rotatable bonds is 6. The van der Waals surface area contributed by atoms with Crippen LogP contribution in [0.4, 0.5) is 4.79 Å². The van der Waals surface area contributed by atoms with Crippen LogP contribution in [0.2, 0.25) is 0 Å². The largest absolute Gasteiger partial charge is 0.481 e. The molecule has 2 N–H and O–H groups in total. The fourth-order valence-electron chi connectivity index (χ4n) is 2.60. The van der Waals surface area contributed by atoms with Gasteiger partial charge in [-0.3, -0.25) is 4.79 Å². The van der Waals surface area contributed by atoms with Gasteiger partial charge in [0.05, 0.1) is 19.3 Å². The second-order valence-corrected chi connectivity index (χ2v) is 5.54. The Bertz CT molecular complexity index is 346. The Morgan fingerprint density at radius 2 is 2.00 bits per heavy atom. The van der Waals surface area contributed by atoms with E-state index in [1.54, 1.807) is 4.90 Å². The van der Waals surface area contributed by atoms with Crippen LogP contribution in [0.25, 0.3) is 0 Å². The Hall–Kier alpha value is -1.30. The van der Waals surface area contributed by atoms with Gasteiger partial charge in [-0.2, -0.15) is 0 Å². The predicted octanol–water partition coefficient (Wildman–Crippen LogP) is 1.55. The number of aliphatic carboxylic acids is 1. The molecule has 0 saturated carbocycles. The lowest BCUT2D eigenvalue weighted by atomic mass is 10.0. The van der Waals surface area contributed by atoms with Gasteiger partial charge in [0.25, 0.3) is 0 Å². The van der Waals surface area contributed by atoms with Crippen molar-refractivity contribution in [1.29, 1.82) is 0 Å². The highest BCUT2D eigenvalue weighted by molar-refractivity contribution is 5.77. The highest BCUT2D eigenvalue weighted by Gasteiger charge is 2.39. The molecule has 0 aromatic heterocycles. The van der Waals surface area contributed by atoms with Gasteiger partial charge in [0, 0.05) is 12.6 Å². The van der Waals surface area contributed by atoms with E-state index in [0.29, 0.717) is 12.5 Å². The van der Waals surface area contributed by atoms with Crippen LogP contribution in [0.1, 0.15) is 34.1 Å². The number of carboxylic acids is 1. The molecule has 0 aromatic rings. The molecule has 6 nitrogen and oxygen atoms in total. The van der Waals surface area contributed by atoms with Gasteiger partial charge in [0.1, 0.15) is 5.92 Å². The summed E-state index contributed by atoms with van der Waals surface area (Å²) >= 11 is 0. The van der Waals surface area contributed by atoms with Crippen LogP contribution >= 0.6 is 0 Å². The lowest BCUT2D eigenvalue weighted by Gasteiger charge is -2.32. The van der Waals surface area contributed by atoms with Crippen molar-refractivity contribution in [2.24, 2.45) is 11.8 Å². The first-order chi connectivity index (χ1) is 9.42. The topological polar surface area (TPSA) is 78.9 Å². The van der Waals surface area contributed by atoms with Crippen LogP contribution in [0.3, 0.4) is 0 Å². The molecular weight excluding hydrogens is 260 g/mol. The highest BCUT2D eigenvalue weighted by atomic mass is 16.5. The molecule has 0 aliphatic carbocycles. The van der Waals surface area contributed by atoms with E-state index in [0.717, 1.165) is 6.42 Å². The van der Waals surface area contributed by atoms with Gasteiger partial charge in [-0.1, -0.05) is 20.8 Å². The first-order valence-corrected chi connectivity index (χ1v) is 7.29. The molecule has 1 aliphatic rings. The summed E-state index contributed by atoms with van der Waals surface area (Å²) in [5.41, 5.74) is 0. The van der Waals surface area contributed by atoms with Crippen molar-refractivity contribution in [3.05, 3.63) is 0 Å². The first kappa shape index (κ1) is 16.8. The summed E-state index contributed by atoms with van der Waals surface area (Å²) in [5, 5.41) is 12.2. The van der Waals surface area contributed by atoms with E-state index >= 15 is 0 Å². The van der Waals surface area contributed by atoms with Crippen LogP contribution < -0.4 is 5.32 Å². The van der Waals surface area contributed by atoms with Gasteiger partial charge < -0.3 is 20.1 Å². The minimum absolute atomic E-state index is 0.0992. The predicted molar refractivity (Wildman–Crippen MR) is 75.6 cm³/mol. The van der Waals surface area contributed by atoms with E-state index in [2.05, 4.69) is 19.2 Å². The average Bonchev–Trinajstić information content (AvgIpc) is 2.85. The van der Waals surface area contributed by atoms with Gasteiger partial charge in [-0.15, -0.1) is 0 Å². The minimum Gasteiger partial charge on any atom is -0.481 e. The molecule has 1 saturated heterocycles. The molecule has 6 heteroatoms. The molecule has 1 fully saturated rings. The molecule has 3 atom stereocenters. The number of carboxylic acid groups (broad SMARTS) is 1. The van der Waals surface area contributed by atoms with Crippen molar-refractivity contribution in [1.82, 2.24) is 10.2 Å². The molecule has 0 radical (unpaired) electrons. The first-order valence-electron chi connectivity index (χ1n) is 7.29. The summed E-state index contributed by atoms with van der Waals surface area (Å²) in [6.45, 7) is 8.93. The van der Waals surface area contributed by atoms with E-state index in [1.165, 1.54) is 0 Å². The number of amides is 2. The molecule has 2 amide bonds. The van der Waals surface area contributed by atoms with Crippen LogP contribution in [0.5, 0.6) is 0 Å². The van der Waals surface area contributed by atoms with Gasteiger partial charge in [0.2, 0.25) is 0 Å². The second kappa shape index (κ2) is 7.47. The van der Waals surface area contributed by atoms with Crippen molar-refractivity contribution in [3.63, 3.8) is 0 Å². The summed E-state index contributed by atoms with van der Waals surface area (Å²) in [6, 6.07) is -0.487. The molecule has 3 unspecified atom stereocenters. The number of hydrogen-bond acceptors (Lipinski definition) is 3. The zero-order valence-electron chi connectivity index (χ0n) is 12.8. The molecule has 0 spiro atoms. The molecule has 1 heterocycles. The Morgan fingerprint density at radius 3 is 2.45 bits per heavy atom. The minimum atomic E-state index is -0.908. The van der Waals surface area contributed by atoms with Gasteiger partial charge in [-0.25, -0.2) is 4.79 Å². The van der Waals surface area contributed by atoms with Crippen molar-refractivity contribution in [2.75, 3.05) is 19.8 Å². The molecule has 0 aromatic carbocycles. The average molecular weight is 286 g/mol. The maximum Gasteiger partial charge on any atom is 0.317 e. The third-order valence-corrected chi connectivity index (χ3v) is 3.92. The van der Waals surface area contributed by atoms with E-state index < -0.39 is 11.9 Å². The lowest BCUT2D eigenvalue weighted by molar-refractivity contribution is -0.142. The Balaban J connectivity index is 2.74. The lowest BCUT2D eigenvalue weighted by Crippen LogP contribution is -2.53. The van der Waals surface area contributed by atoms with Gasteiger partial charge >= 0.3 is 12.0 Å². The number of urea groups is 1. The zero-order valence-corrected chi connectivity index (χ0v) is 12.8. The highest BCUT2D eigenvalue weighted by Crippen LogP contribution is 2.20. The van der Waals surface area contributed by atoms with E-state index in [9.17, 15) is 14.7 Å². The number of ether oxygens (including phenoxy) is 1. The van der Waals surface area contributed by atoms with Crippen molar-refractivity contribution >= 4 is 12.0 Å². The fourth-order valence-corrected chi connectivity index (χ4v) is 2.60. The zero-order chi connectivity index (χ0) is 15.3. The number of likely N-dealkylation sites (N-methyl/N-ethyl adjacent to an activating group) is 1. The summed E-state index contributed by atoms with van der Waals surface area (Å²) in [7, 11) is 0. The summed E-state index contributed by atoms with van der Waals surface area (Å²) < 4.78 is 5.24. The van der Waals surface area contributed by atoms with Crippen LogP contribution in [-0.2, 0) is 9.53 Å². The SMILES string of the molecule is CCC(NC(=O)N(CC)C1COCC1C(=O)O)C(C)C. The van der Waals surface area contributed by atoms with Crippen LogP contribution in [-0.4, -0.2) is 53.8 Å². The van der Waals surface area contributed by atoms with E-state index in [-0.39, 0.29) is 31.3 Å². The monoisotopic (exact) mass is 286 g/mol. The van der Waals surface area contributed by atoms with Gasteiger partial charge in [-0.05, 0) is 19.3 Å². The van der Waals surface area contributed by atoms with Crippen molar-refractivity contribution in [3.8, 4) is 0 Å². The summed E-state index contributed by atoms with van der Waals surface area (Å²) in [6.07, 6.45) is 0.852. The molecule has 1 rings (SSSR count). The van der Waals surface area contributed by atoms with Gasteiger partial charge in [0.15, 0.2) is 0 Å². The Kier molecular flexibility index (Phi) is 6.26. The number of hydrogen-bond donors (Lipinski definition) is 2. The maximum atomic E-state index is 12.4. The number of nitrogens with one attached hydrogen (secondary N) is 1. The maximum absolute atomic E-state index is 12.4. The molecule has 116 valence electrons. The second-order valence-electron chi connectivity index (χ2n) is 5.54.